The minimum absolute atomic E-state index is 0.0383. The van der Waals surface area contributed by atoms with E-state index in [-0.39, 0.29) is 12.6 Å². The zero-order chi connectivity index (χ0) is 15.5. The summed E-state index contributed by atoms with van der Waals surface area (Å²) in [6, 6.07) is 2.35. The molecule has 0 atom stereocenters. The van der Waals surface area contributed by atoms with Gasteiger partial charge in [0.15, 0.2) is 0 Å². The van der Waals surface area contributed by atoms with Crippen LogP contribution in [0.3, 0.4) is 0 Å². The van der Waals surface area contributed by atoms with Crippen LogP contribution in [0.1, 0.15) is 56.6 Å². The molecule has 0 aromatic carbocycles. The van der Waals surface area contributed by atoms with Crippen molar-refractivity contribution in [2.75, 3.05) is 18.5 Å². The number of carbonyl (C=O) groups is 1. The number of aromatic nitrogens is 2. The van der Waals surface area contributed by atoms with Crippen molar-refractivity contribution in [2.24, 2.45) is 7.05 Å². The standard InChI is InChI=1S/C16H26N4O2/c1-19-15(11-14(18-19)12-5-4-6-12)17-16(22)20(13-7-8-13)9-2-3-10-21/h11-13,21H,2-10H2,1H3,(H,17,22). The van der Waals surface area contributed by atoms with Crippen LogP contribution in [0.4, 0.5) is 10.6 Å². The molecule has 6 heteroatoms. The smallest absolute Gasteiger partial charge is 0.323 e. The van der Waals surface area contributed by atoms with E-state index in [2.05, 4.69) is 10.4 Å². The number of amides is 2. The van der Waals surface area contributed by atoms with Gasteiger partial charge in [-0.3, -0.25) is 10.00 Å². The van der Waals surface area contributed by atoms with E-state index in [1.54, 1.807) is 4.68 Å². The molecule has 0 spiro atoms. The van der Waals surface area contributed by atoms with Crippen LogP contribution in [0, 0.1) is 0 Å². The summed E-state index contributed by atoms with van der Waals surface area (Å²) in [5.41, 5.74) is 1.10. The minimum Gasteiger partial charge on any atom is -0.396 e. The number of anilines is 1. The number of aliphatic hydroxyl groups is 1. The summed E-state index contributed by atoms with van der Waals surface area (Å²) in [6.45, 7) is 0.900. The van der Waals surface area contributed by atoms with Crippen molar-refractivity contribution in [3.63, 3.8) is 0 Å². The zero-order valence-electron chi connectivity index (χ0n) is 13.3. The molecule has 2 aliphatic carbocycles. The third-order valence-electron chi connectivity index (χ3n) is 4.71. The summed E-state index contributed by atoms with van der Waals surface area (Å²) >= 11 is 0. The van der Waals surface area contributed by atoms with Crippen molar-refractivity contribution >= 4 is 11.8 Å². The molecule has 0 saturated heterocycles. The van der Waals surface area contributed by atoms with Gasteiger partial charge in [0.1, 0.15) is 5.82 Å². The number of aryl methyl sites for hydroxylation is 1. The molecular weight excluding hydrogens is 280 g/mol. The van der Waals surface area contributed by atoms with E-state index in [1.807, 2.05) is 18.0 Å². The number of nitrogens with one attached hydrogen (secondary N) is 1. The number of hydrogen-bond acceptors (Lipinski definition) is 3. The highest BCUT2D eigenvalue weighted by Gasteiger charge is 2.32. The second-order valence-corrected chi connectivity index (χ2v) is 6.49. The lowest BCUT2D eigenvalue weighted by atomic mass is 9.83. The van der Waals surface area contributed by atoms with Gasteiger partial charge >= 0.3 is 6.03 Å². The molecule has 2 N–H and O–H groups in total. The zero-order valence-corrected chi connectivity index (χ0v) is 13.3. The normalized spacial score (nSPS) is 18.1. The van der Waals surface area contributed by atoms with Crippen LogP contribution in [0.25, 0.3) is 0 Å². The predicted molar refractivity (Wildman–Crippen MR) is 84.9 cm³/mol. The van der Waals surface area contributed by atoms with Crippen molar-refractivity contribution in [1.82, 2.24) is 14.7 Å². The molecule has 0 radical (unpaired) electrons. The molecule has 0 aliphatic heterocycles. The maximum Gasteiger partial charge on any atom is 0.323 e. The van der Waals surface area contributed by atoms with Gasteiger partial charge in [0.05, 0.1) is 5.69 Å². The lowest BCUT2D eigenvalue weighted by molar-refractivity contribution is 0.203. The Balaban J connectivity index is 1.60. The summed E-state index contributed by atoms with van der Waals surface area (Å²) in [5, 5.41) is 16.4. The first-order valence-corrected chi connectivity index (χ1v) is 8.41. The third kappa shape index (κ3) is 3.43. The Morgan fingerprint density at radius 1 is 1.41 bits per heavy atom. The summed E-state index contributed by atoms with van der Waals surface area (Å²) in [5.74, 6) is 1.35. The van der Waals surface area contributed by atoms with Gasteiger partial charge < -0.3 is 10.0 Å². The monoisotopic (exact) mass is 306 g/mol. The second-order valence-electron chi connectivity index (χ2n) is 6.49. The first-order chi connectivity index (χ1) is 10.7. The van der Waals surface area contributed by atoms with Gasteiger partial charge in [0, 0.05) is 38.2 Å². The fourth-order valence-electron chi connectivity index (χ4n) is 2.92. The molecule has 2 amide bonds. The highest BCUT2D eigenvalue weighted by atomic mass is 16.3. The number of aliphatic hydroxyl groups excluding tert-OH is 1. The van der Waals surface area contributed by atoms with Gasteiger partial charge in [-0.2, -0.15) is 5.10 Å². The maximum atomic E-state index is 12.5. The van der Waals surface area contributed by atoms with Gasteiger partial charge in [-0.25, -0.2) is 4.79 Å². The molecule has 3 rings (SSSR count). The second kappa shape index (κ2) is 6.69. The summed E-state index contributed by atoms with van der Waals surface area (Å²) in [6.07, 6.45) is 7.46. The molecule has 2 saturated carbocycles. The van der Waals surface area contributed by atoms with Crippen molar-refractivity contribution < 1.29 is 9.90 Å². The highest BCUT2D eigenvalue weighted by molar-refractivity contribution is 5.89. The van der Waals surface area contributed by atoms with Crippen molar-refractivity contribution in [3.8, 4) is 0 Å². The van der Waals surface area contributed by atoms with E-state index in [1.165, 1.54) is 19.3 Å². The average Bonchev–Trinajstić information content (AvgIpc) is 3.19. The molecule has 1 aromatic rings. The lowest BCUT2D eigenvalue weighted by Gasteiger charge is -2.23. The number of urea groups is 1. The Morgan fingerprint density at radius 3 is 2.77 bits per heavy atom. The number of nitrogens with zero attached hydrogens (tertiary/aromatic N) is 3. The average molecular weight is 306 g/mol. The molecule has 22 heavy (non-hydrogen) atoms. The van der Waals surface area contributed by atoms with Gasteiger partial charge in [-0.1, -0.05) is 6.42 Å². The SMILES string of the molecule is Cn1nc(C2CCC2)cc1NC(=O)N(CCCCO)C1CC1. The molecule has 6 nitrogen and oxygen atoms in total. The number of hydrogen-bond donors (Lipinski definition) is 2. The summed E-state index contributed by atoms with van der Waals surface area (Å²) in [4.78, 5) is 14.4. The summed E-state index contributed by atoms with van der Waals surface area (Å²) in [7, 11) is 1.88. The molecule has 122 valence electrons. The Morgan fingerprint density at radius 2 is 2.18 bits per heavy atom. The van der Waals surface area contributed by atoms with Crippen LogP contribution in [0.2, 0.25) is 0 Å². The van der Waals surface area contributed by atoms with Crippen molar-refractivity contribution in [1.29, 1.82) is 0 Å². The van der Waals surface area contributed by atoms with Gasteiger partial charge in [0.2, 0.25) is 0 Å². The number of unbranched alkanes of at least 4 members (excludes halogenated alkanes) is 1. The van der Waals surface area contributed by atoms with Gasteiger partial charge in [-0.05, 0) is 38.5 Å². The molecule has 2 fully saturated rings. The maximum absolute atomic E-state index is 12.5. The number of rotatable bonds is 7. The van der Waals surface area contributed by atoms with E-state index >= 15 is 0 Å². The Kier molecular flexibility index (Phi) is 4.66. The van der Waals surface area contributed by atoms with E-state index in [4.69, 9.17) is 5.11 Å². The van der Waals surface area contributed by atoms with Gasteiger partial charge in [-0.15, -0.1) is 0 Å². The van der Waals surface area contributed by atoms with Crippen LogP contribution < -0.4 is 5.32 Å². The third-order valence-corrected chi connectivity index (χ3v) is 4.71. The molecule has 0 unspecified atom stereocenters. The summed E-state index contributed by atoms with van der Waals surface area (Å²) < 4.78 is 1.77. The van der Waals surface area contributed by atoms with Crippen LogP contribution in [0.5, 0.6) is 0 Å². The molecule has 0 bridgehead atoms. The molecule has 1 aromatic heterocycles. The van der Waals surface area contributed by atoms with Crippen LogP contribution in [-0.2, 0) is 7.05 Å². The van der Waals surface area contributed by atoms with Crippen molar-refractivity contribution in [2.45, 2.75) is 56.9 Å². The van der Waals surface area contributed by atoms with Gasteiger partial charge in [0.25, 0.3) is 0 Å². The molecule has 2 aliphatic rings. The molecule has 1 heterocycles. The predicted octanol–water partition coefficient (Wildman–Crippen LogP) is 2.46. The fourth-order valence-corrected chi connectivity index (χ4v) is 2.92. The molecular formula is C16H26N4O2. The quantitative estimate of drug-likeness (QED) is 0.760. The van der Waals surface area contributed by atoms with E-state index in [0.717, 1.165) is 37.2 Å². The fraction of sp³-hybridized carbons (Fsp3) is 0.750. The van der Waals surface area contributed by atoms with E-state index in [0.29, 0.717) is 18.5 Å². The Bertz CT molecular complexity index is 520. The van der Waals surface area contributed by atoms with E-state index < -0.39 is 0 Å². The van der Waals surface area contributed by atoms with E-state index in [9.17, 15) is 4.79 Å². The number of carbonyl (C=O) groups excluding carboxylic acids is 1. The van der Waals surface area contributed by atoms with Crippen LogP contribution in [0.15, 0.2) is 6.07 Å². The van der Waals surface area contributed by atoms with Crippen molar-refractivity contribution in [3.05, 3.63) is 11.8 Å². The topological polar surface area (TPSA) is 70.4 Å². The van der Waals surface area contributed by atoms with Crippen LogP contribution in [-0.4, -0.2) is 45.0 Å². The first kappa shape index (κ1) is 15.3. The Hall–Kier alpha value is -1.56. The minimum atomic E-state index is -0.0383. The first-order valence-electron chi connectivity index (χ1n) is 8.41. The lowest BCUT2D eigenvalue weighted by Crippen LogP contribution is -2.38. The van der Waals surface area contributed by atoms with Crippen LogP contribution >= 0.6 is 0 Å². The largest absolute Gasteiger partial charge is 0.396 e. The highest BCUT2D eigenvalue weighted by Crippen LogP contribution is 2.36. The Labute approximate surface area is 131 Å².